The molecule has 0 bridgehead atoms. The highest BCUT2D eigenvalue weighted by molar-refractivity contribution is 6.54. The zero-order chi connectivity index (χ0) is 15.7. The van der Waals surface area contributed by atoms with Gasteiger partial charge in [0.2, 0.25) is 0 Å². The van der Waals surface area contributed by atoms with Gasteiger partial charge in [0.1, 0.15) is 5.71 Å². The molecule has 1 aliphatic rings. The van der Waals surface area contributed by atoms with Gasteiger partial charge in [-0.2, -0.15) is 0 Å². The van der Waals surface area contributed by atoms with Gasteiger partial charge in [-0.15, -0.1) is 6.58 Å². The summed E-state index contributed by atoms with van der Waals surface area (Å²) in [5, 5.41) is 0.863. The van der Waals surface area contributed by atoms with Gasteiger partial charge >= 0.3 is 0 Å². The SMILES string of the molecule is C=CCN1C(=O)/C(=N\c2ccc(Cl)c(Cl)c2)c2ccccc21. The molecule has 5 heteroatoms. The number of hydrogen-bond acceptors (Lipinski definition) is 2. The monoisotopic (exact) mass is 330 g/mol. The lowest BCUT2D eigenvalue weighted by Gasteiger charge is -2.13. The Labute approximate surface area is 138 Å². The number of benzene rings is 2. The second-order valence-corrected chi connectivity index (χ2v) is 5.59. The Bertz CT molecular complexity index is 799. The molecule has 0 aromatic heterocycles. The summed E-state index contributed by atoms with van der Waals surface area (Å²) in [7, 11) is 0. The molecule has 3 nitrogen and oxygen atoms in total. The summed E-state index contributed by atoms with van der Waals surface area (Å²) in [5.74, 6) is -0.146. The molecule has 0 radical (unpaired) electrons. The van der Waals surface area contributed by atoms with Gasteiger partial charge in [-0.1, -0.05) is 47.5 Å². The first-order valence-electron chi connectivity index (χ1n) is 6.67. The fraction of sp³-hybridized carbons (Fsp3) is 0.0588. The average Bonchev–Trinajstić information content (AvgIpc) is 2.77. The number of anilines is 1. The lowest BCUT2D eigenvalue weighted by atomic mass is 10.1. The highest BCUT2D eigenvalue weighted by Gasteiger charge is 2.32. The lowest BCUT2D eigenvalue weighted by molar-refractivity contribution is -0.112. The third kappa shape index (κ3) is 2.54. The number of aliphatic imine (C=N–C) groups is 1. The molecule has 3 rings (SSSR count). The first-order valence-corrected chi connectivity index (χ1v) is 7.43. The Morgan fingerprint density at radius 2 is 1.91 bits per heavy atom. The van der Waals surface area contributed by atoms with E-state index in [4.69, 9.17) is 23.2 Å². The van der Waals surface area contributed by atoms with Gasteiger partial charge in [0, 0.05) is 12.1 Å². The zero-order valence-electron chi connectivity index (χ0n) is 11.6. The van der Waals surface area contributed by atoms with Crippen LogP contribution in [0.3, 0.4) is 0 Å². The van der Waals surface area contributed by atoms with E-state index in [-0.39, 0.29) is 5.91 Å². The summed E-state index contributed by atoms with van der Waals surface area (Å²) in [6, 6.07) is 12.6. The van der Waals surface area contributed by atoms with Gasteiger partial charge in [0.05, 0.1) is 21.4 Å². The Morgan fingerprint density at radius 1 is 1.14 bits per heavy atom. The minimum Gasteiger partial charge on any atom is -0.303 e. The van der Waals surface area contributed by atoms with Crippen molar-refractivity contribution < 1.29 is 4.79 Å². The summed E-state index contributed by atoms with van der Waals surface area (Å²) >= 11 is 11.9. The van der Waals surface area contributed by atoms with Crippen molar-refractivity contribution in [2.45, 2.75) is 0 Å². The Morgan fingerprint density at radius 3 is 2.64 bits per heavy atom. The molecule has 2 aromatic carbocycles. The molecule has 22 heavy (non-hydrogen) atoms. The minimum absolute atomic E-state index is 0.146. The molecule has 0 saturated heterocycles. The van der Waals surface area contributed by atoms with Crippen LogP contribution in [0.25, 0.3) is 0 Å². The Balaban J connectivity index is 2.10. The smallest absolute Gasteiger partial charge is 0.277 e. The largest absolute Gasteiger partial charge is 0.303 e. The molecule has 0 spiro atoms. The molecule has 1 aliphatic heterocycles. The molecule has 0 atom stereocenters. The highest BCUT2D eigenvalue weighted by atomic mass is 35.5. The van der Waals surface area contributed by atoms with Gasteiger partial charge in [0.25, 0.3) is 5.91 Å². The summed E-state index contributed by atoms with van der Waals surface area (Å²) in [4.78, 5) is 18.7. The average molecular weight is 331 g/mol. The van der Waals surface area contributed by atoms with Gasteiger partial charge in [-0.05, 0) is 24.3 Å². The summed E-state index contributed by atoms with van der Waals surface area (Å²) in [6.45, 7) is 4.14. The van der Waals surface area contributed by atoms with Gasteiger partial charge in [-0.3, -0.25) is 4.79 Å². The molecule has 0 fully saturated rings. The van der Waals surface area contributed by atoms with Crippen LogP contribution in [0.15, 0.2) is 60.1 Å². The second kappa shape index (κ2) is 5.95. The van der Waals surface area contributed by atoms with Gasteiger partial charge < -0.3 is 4.90 Å². The van der Waals surface area contributed by atoms with Gasteiger partial charge in [-0.25, -0.2) is 4.99 Å². The fourth-order valence-corrected chi connectivity index (χ4v) is 2.66. The maximum absolute atomic E-state index is 12.6. The van der Waals surface area contributed by atoms with Crippen LogP contribution < -0.4 is 4.90 Å². The zero-order valence-corrected chi connectivity index (χ0v) is 13.1. The molecular weight excluding hydrogens is 319 g/mol. The molecule has 0 aliphatic carbocycles. The number of nitrogens with zero attached hydrogens (tertiary/aromatic N) is 2. The number of carbonyl (C=O) groups excluding carboxylic acids is 1. The molecule has 0 unspecified atom stereocenters. The molecule has 0 N–H and O–H groups in total. The topological polar surface area (TPSA) is 32.7 Å². The van der Waals surface area contributed by atoms with Crippen molar-refractivity contribution in [1.82, 2.24) is 0 Å². The molecular formula is C17H12Cl2N2O. The second-order valence-electron chi connectivity index (χ2n) is 4.78. The van der Waals surface area contributed by atoms with Crippen molar-refractivity contribution in [3.8, 4) is 0 Å². The number of carbonyl (C=O) groups is 1. The number of rotatable bonds is 3. The van der Waals surface area contributed by atoms with Crippen molar-refractivity contribution in [1.29, 1.82) is 0 Å². The quantitative estimate of drug-likeness (QED) is 0.754. The Kier molecular flexibility index (Phi) is 4.01. The van der Waals surface area contributed by atoms with Crippen LogP contribution in [0.2, 0.25) is 10.0 Å². The first-order chi connectivity index (χ1) is 10.6. The van der Waals surface area contributed by atoms with Crippen LogP contribution in [0, 0.1) is 0 Å². The normalized spacial score (nSPS) is 15.3. The highest BCUT2D eigenvalue weighted by Crippen LogP contribution is 2.32. The van der Waals surface area contributed by atoms with E-state index in [0.29, 0.717) is 28.0 Å². The van der Waals surface area contributed by atoms with Crippen LogP contribution in [0.1, 0.15) is 5.56 Å². The molecule has 1 heterocycles. The predicted molar refractivity (Wildman–Crippen MR) is 91.7 cm³/mol. The van der Waals surface area contributed by atoms with E-state index in [2.05, 4.69) is 11.6 Å². The van der Waals surface area contributed by atoms with Crippen molar-refractivity contribution >= 4 is 46.2 Å². The van der Waals surface area contributed by atoms with E-state index in [0.717, 1.165) is 11.3 Å². The maximum Gasteiger partial charge on any atom is 0.277 e. The Hall–Kier alpha value is -2.10. The lowest BCUT2D eigenvalue weighted by Crippen LogP contribution is -2.30. The number of para-hydroxylation sites is 1. The van der Waals surface area contributed by atoms with Crippen LogP contribution in [-0.2, 0) is 4.79 Å². The van der Waals surface area contributed by atoms with Crippen molar-refractivity contribution in [2.75, 3.05) is 11.4 Å². The van der Waals surface area contributed by atoms with Gasteiger partial charge in [0.15, 0.2) is 0 Å². The molecule has 1 amide bonds. The van der Waals surface area contributed by atoms with Crippen LogP contribution >= 0.6 is 23.2 Å². The minimum atomic E-state index is -0.146. The number of fused-ring (bicyclic) bond motifs is 1. The first kappa shape index (κ1) is 14.8. The van der Waals surface area contributed by atoms with E-state index < -0.39 is 0 Å². The van der Waals surface area contributed by atoms with E-state index in [9.17, 15) is 4.79 Å². The summed E-state index contributed by atoms with van der Waals surface area (Å²) in [5.41, 5.74) is 2.63. The number of halogens is 2. The maximum atomic E-state index is 12.6. The van der Waals surface area contributed by atoms with Crippen molar-refractivity contribution in [3.63, 3.8) is 0 Å². The van der Waals surface area contributed by atoms with Crippen LogP contribution in [0.4, 0.5) is 11.4 Å². The van der Waals surface area contributed by atoms with Crippen LogP contribution in [0.5, 0.6) is 0 Å². The third-order valence-corrected chi connectivity index (χ3v) is 4.09. The standard InChI is InChI=1S/C17H12Cl2N2O/c1-2-9-21-15-6-4-3-5-12(15)16(17(21)22)20-11-7-8-13(18)14(19)10-11/h2-8,10H,1,9H2/b20-16-. The van der Waals surface area contributed by atoms with Crippen LogP contribution in [-0.4, -0.2) is 18.2 Å². The van der Waals surface area contributed by atoms with E-state index >= 15 is 0 Å². The predicted octanol–water partition coefficient (Wildman–Crippen LogP) is 4.65. The van der Waals surface area contributed by atoms with Crippen molar-refractivity contribution in [3.05, 3.63) is 70.7 Å². The number of hydrogen-bond donors (Lipinski definition) is 0. The summed E-state index contributed by atoms with van der Waals surface area (Å²) in [6.07, 6.45) is 1.69. The fourth-order valence-electron chi connectivity index (χ4n) is 2.36. The molecule has 110 valence electrons. The van der Waals surface area contributed by atoms with E-state index in [1.807, 2.05) is 24.3 Å². The molecule has 0 saturated carbocycles. The molecule has 2 aromatic rings. The van der Waals surface area contributed by atoms with E-state index in [1.165, 1.54) is 0 Å². The van der Waals surface area contributed by atoms with Crippen molar-refractivity contribution in [2.24, 2.45) is 4.99 Å². The van der Waals surface area contributed by atoms with E-state index in [1.54, 1.807) is 29.2 Å². The third-order valence-electron chi connectivity index (χ3n) is 3.35. The number of amides is 1. The summed E-state index contributed by atoms with van der Waals surface area (Å²) < 4.78 is 0.